The van der Waals surface area contributed by atoms with Crippen LogP contribution in [0.5, 0.6) is 0 Å². The summed E-state index contributed by atoms with van der Waals surface area (Å²) in [6.07, 6.45) is 6.30. The molecule has 0 radical (unpaired) electrons. The fraction of sp³-hybridized carbons (Fsp3) is 0.786. The molecule has 1 aromatic rings. The van der Waals surface area contributed by atoms with Gasteiger partial charge in [-0.05, 0) is 31.7 Å². The first-order valence-electron chi connectivity index (χ1n) is 7.55. The number of H-pyrrole nitrogens is 1. The molecule has 20 heavy (non-hydrogen) atoms. The van der Waals surface area contributed by atoms with Gasteiger partial charge in [0.15, 0.2) is 0 Å². The van der Waals surface area contributed by atoms with E-state index in [1.54, 1.807) is 4.90 Å². The molecular weight excluding hydrogens is 254 g/mol. The van der Waals surface area contributed by atoms with Crippen LogP contribution in [0.1, 0.15) is 55.5 Å². The minimum absolute atomic E-state index is 0.103. The molecule has 0 aliphatic heterocycles. The summed E-state index contributed by atoms with van der Waals surface area (Å²) in [6, 6.07) is 0.217. The molecule has 1 fully saturated rings. The Kier molecular flexibility index (Phi) is 5.11. The van der Waals surface area contributed by atoms with Crippen molar-refractivity contribution in [3.63, 3.8) is 0 Å². The molecule has 2 rings (SSSR count). The molecule has 1 amide bonds. The first kappa shape index (κ1) is 15.0. The van der Waals surface area contributed by atoms with Gasteiger partial charge in [0.2, 0.25) is 5.82 Å². The summed E-state index contributed by atoms with van der Waals surface area (Å²) in [5.41, 5.74) is 5.84. The van der Waals surface area contributed by atoms with Gasteiger partial charge in [-0.3, -0.25) is 9.89 Å². The average Bonchev–Trinajstić information content (AvgIpc) is 2.94. The van der Waals surface area contributed by atoms with Crippen LogP contribution in [0.25, 0.3) is 0 Å². The highest BCUT2D eigenvalue weighted by Crippen LogP contribution is 2.27. The fourth-order valence-electron chi connectivity index (χ4n) is 3.02. The van der Waals surface area contributed by atoms with Crippen molar-refractivity contribution in [3.8, 4) is 0 Å². The van der Waals surface area contributed by atoms with Crippen LogP contribution in [0.15, 0.2) is 0 Å². The van der Waals surface area contributed by atoms with E-state index in [-0.39, 0.29) is 17.8 Å². The number of aromatic amines is 1. The number of aromatic nitrogens is 3. The number of nitrogens with zero attached hydrogens (tertiary/aromatic N) is 3. The van der Waals surface area contributed by atoms with E-state index in [1.165, 1.54) is 6.42 Å². The first-order valence-corrected chi connectivity index (χ1v) is 7.55. The molecule has 2 unspecified atom stereocenters. The molecule has 0 saturated heterocycles. The molecule has 3 N–H and O–H groups in total. The third-order valence-corrected chi connectivity index (χ3v) is 4.20. The van der Waals surface area contributed by atoms with Crippen molar-refractivity contribution in [1.29, 1.82) is 0 Å². The number of nitrogens with one attached hydrogen (secondary N) is 1. The van der Waals surface area contributed by atoms with Crippen molar-refractivity contribution >= 4 is 5.91 Å². The number of carbonyl (C=O) groups is 1. The van der Waals surface area contributed by atoms with E-state index < -0.39 is 0 Å². The summed E-state index contributed by atoms with van der Waals surface area (Å²) >= 11 is 0. The number of hydrogen-bond donors (Lipinski definition) is 2. The minimum Gasteiger partial charge on any atom is -0.336 e. The molecule has 1 heterocycles. The van der Waals surface area contributed by atoms with Gasteiger partial charge in [-0.25, -0.2) is 4.98 Å². The standard InChI is InChI=1S/C14H25N5O/c1-3-6-12-16-13(18-17-12)14(20)19(2)11-8-5-4-7-10(11)9-15/h10-11H,3-9,15H2,1-2H3,(H,16,17,18). The van der Waals surface area contributed by atoms with E-state index in [0.29, 0.717) is 12.5 Å². The zero-order valence-corrected chi connectivity index (χ0v) is 12.4. The lowest BCUT2D eigenvalue weighted by Gasteiger charge is -2.37. The molecule has 1 saturated carbocycles. The second-order valence-electron chi connectivity index (χ2n) is 5.62. The summed E-state index contributed by atoms with van der Waals surface area (Å²) < 4.78 is 0. The van der Waals surface area contributed by atoms with Gasteiger partial charge in [0.25, 0.3) is 5.91 Å². The normalized spacial score (nSPS) is 22.8. The third kappa shape index (κ3) is 3.17. The van der Waals surface area contributed by atoms with Crippen LogP contribution in [-0.2, 0) is 6.42 Å². The van der Waals surface area contributed by atoms with Gasteiger partial charge < -0.3 is 10.6 Å². The van der Waals surface area contributed by atoms with Crippen molar-refractivity contribution < 1.29 is 4.79 Å². The maximum Gasteiger partial charge on any atom is 0.293 e. The molecule has 6 nitrogen and oxygen atoms in total. The van der Waals surface area contributed by atoms with Gasteiger partial charge in [-0.1, -0.05) is 19.8 Å². The predicted molar refractivity (Wildman–Crippen MR) is 77.3 cm³/mol. The molecule has 6 heteroatoms. The van der Waals surface area contributed by atoms with Crippen LogP contribution >= 0.6 is 0 Å². The average molecular weight is 279 g/mol. The van der Waals surface area contributed by atoms with Gasteiger partial charge in [0.1, 0.15) is 5.82 Å². The highest BCUT2D eigenvalue weighted by atomic mass is 16.2. The van der Waals surface area contributed by atoms with Crippen molar-refractivity contribution in [3.05, 3.63) is 11.6 Å². The summed E-state index contributed by atoms with van der Waals surface area (Å²) in [6.45, 7) is 2.71. The van der Waals surface area contributed by atoms with Crippen LogP contribution < -0.4 is 5.73 Å². The van der Waals surface area contributed by atoms with E-state index in [9.17, 15) is 4.79 Å². The van der Waals surface area contributed by atoms with Crippen LogP contribution in [0, 0.1) is 5.92 Å². The van der Waals surface area contributed by atoms with Gasteiger partial charge in [-0.2, -0.15) is 0 Å². The second-order valence-corrected chi connectivity index (χ2v) is 5.62. The lowest BCUT2D eigenvalue weighted by molar-refractivity contribution is 0.0608. The number of aryl methyl sites for hydroxylation is 1. The van der Waals surface area contributed by atoms with Crippen LogP contribution in [0.2, 0.25) is 0 Å². The SMILES string of the molecule is CCCc1nc(C(=O)N(C)C2CCCCC2CN)n[nH]1. The number of nitrogens with two attached hydrogens (primary N) is 1. The van der Waals surface area contributed by atoms with Crippen molar-refractivity contribution in [2.24, 2.45) is 11.7 Å². The van der Waals surface area contributed by atoms with Gasteiger partial charge in [0, 0.05) is 19.5 Å². The van der Waals surface area contributed by atoms with E-state index in [0.717, 1.165) is 37.9 Å². The zero-order valence-electron chi connectivity index (χ0n) is 12.4. The Morgan fingerprint density at radius 2 is 2.20 bits per heavy atom. The Morgan fingerprint density at radius 3 is 2.90 bits per heavy atom. The molecule has 1 aliphatic carbocycles. The Hall–Kier alpha value is -1.43. The van der Waals surface area contributed by atoms with Gasteiger partial charge in [-0.15, -0.1) is 5.10 Å². The number of hydrogen-bond acceptors (Lipinski definition) is 4. The smallest absolute Gasteiger partial charge is 0.293 e. The topological polar surface area (TPSA) is 87.9 Å². The number of amides is 1. The summed E-state index contributed by atoms with van der Waals surface area (Å²) in [4.78, 5) is 18.5. The lowest BCUT2D eigenvalue weighted by Crippen LogP contribution is -2.46. The van der Waals surface area contributed by atoms with Crippen molar-refractivity contribution in [2.45, 2.75) is 51.5 Å². The first-order chi connectivity index (χ1) is 9.67. The van der Waals surface area contributed by atoms with E-state index in [2.05, 4.69) is 22.1 Å². The summed E-state index contributed by atoms with van der Waals surface area (Å²) in [5, 5.41) is 6.88. The third-order valence-electron chi connectivity index (χ3n) is 4.20. The van der Waals surface area contributed by atoms with Crippen molar-refractivity contribution in [1.82, 2.24) is 20.1 Å². The monoisotopic (exact) mass is 279 g/mol. The Morgan fingerprint density at radius 1 is 1.45 bits per heavy atom. The highest BCUT2D eigenvalue weighted by molar-refractivity contribution is 5.90. The maximum absolute atomic E-state index is 12.5. The van der Waals surface area contributed by atoms with Crippen molar-refractivity contribution in [2.75, 3.05) is 13.6 Å². The number of carbonyl (C=O) groups excluding carboxylic acids is 1. The number of rotatable bonds is 5. The van der Waals surface area contributed by atoms with E-state index >= 15 is 0 Å². The van der Waals surface area contributed by atoms with Crippen LogP contribution in [0.3, 0.4) is 0 Å². The molecule has 0 bridgehead atoms. The van der Waals surface area contributed by atoms with Crippen LogP contribution in [-0.4, -0.2) is 45.6 Å². The minimum atomic E-state index is -0.103. The Bertz CT molecular complexity index is 445. The maximum atomic E-state index is 12.5. The molecule has 2 atom stereocenters. The fourth-order valence-corrected chi connectivity index (χ4v) is 3.02. The second kappa shape index (κ2) is 6.83. The van der Waals surface area contributed by atoms with Gasteiger partial charge >= 0.3 is 0 Å². The van der Waals surface area contributed by atoms with E-state index in [4.69, 9.17) is 5.73 Å². The molecule has 1 aromatic heterocycles. The molecule has 0 spiro atoms. The predicted octanol–water partition coefficient (Wildman–Crippen LogP) is 1.35. The summed E-state index contributed by atoms with van der Waals surface area (Å²) in [5.74, 6) is 1.35. The zero-order chi connectivity index (χ0) is 14.5. The lowest BCUT2D eigenvalue weighted by atomic mass is 9.83. The van der Waals surface area contributed by atoms with Crippen LogP contribution in [0.4, 0.5) is 0 Å². The molecular formula is C14H25N5O. The molecule has 1 aliphatic rings. The Labute approximate surface area is 120 Å². The van der Waals surface area contributed by atoms with Gasteiger partial charge in [0.05, 0.1) is 0 Å². The molecule has 0 aromatic carbocycles. The summed E-state index contributed by atoms with van der Waals surface area (Å²) in [7, 11) is 1.84. The Balaban J connectivity index is 2.06. The highest BCUT2D eigenvalue weighted by Gasteiger charge is 2.31. The largest absolute Gasteiger partial charge is 0.336 e. The van der Waals surface area contributed by atoms with E-state index in [1.807, 2.05) is 7.05 Å². The molecule has 112 valence electrons. The quantitative estimate of drug-likeness (QED) is 0.851.